The maximum absolute atomic E-state index is 12.5. The normalized spacial score (nSPS) is 10.3. The van der Waals surface area contributed by atoms with Crippen LogP contribution in [0, 0.1) is 6.92 Å². The van der Waals surface area contributed by atoms with Crippen LogP contribution in [0.2, 0.25) is 0 Å². The molecule has 9 heteroatoms. The lowest BCUT2D eigenvalue weighted by Crippen LogP contribution is -2.17. The van der Waals surface area contributed by atoms with Crippen LogP contribution in [-0.2, 0) is 4.74 Å². The van der Waals surface area contributed by atoms with Gasteiger partial charge in [-0.25, -0.2) is 14.8 Å². The minimum Gasteiger partial charge on any atom is -0.462 e. The van der Waals surface area contributed by atoms with E-state index in [0.717, 1.165) is 0 Å². The zero-order chi connectivity index (χ0) is 19.2. The highest BCUT2D eigenvalue weighted by Gasteiger charge is 2.16. The SMILES string of the molecule is CCOC(=O)c1ccccc1NC(=O)c1ccnc(Nc2cc(C)on2)n1. The second-order valence-corrected chi connectivity index (χ2v) is 5.43. The number of carbonyl (C=O) groups excluding carboxylic acids is 2. The number of aromatic nitrogens is 3. The van der Waals surface area contributed by atoms with E-state index in [1.807, 2.05) is 0 Å². The van der Waals surface area contributed by atoms with Gasteiger partial charge < -0.3 is 19.9 Å². The van der Waals surface area contributed by atoms with Crippen LogP contribution >= 0.6 is 0 Å². The van der Waals surface area contributed by atoms with E-state index in [9.17, 15) is 9.59 Å². The fourth-order valence-corrected chi connectivity index (χ4v) is 2.25. The van der Waals surface area contributed by atoms with Gasteiger partial charge in [-0.1, -0.05) is 17.3 Å². The molecule has 1 amide bonds. The Kier molecular flexibility index (Phi) is 5.41. The first-order valence-electron chi connectivity index (χ1n) is 8.17. The van der Waals surface area contributed by atoms with Crippen molar-refractivity contribution in [1.29, 1.82) is 0 Å². The second-order valence-electron chi connectivity index (χ2n) is 5.43. The second kappa shape index (κ2) is 8.09. The molecule has 0 saturated heterocycles. The van der Waals surface area contributed by atoms with E-state index < -0.39 is 11.9 Å². The standard InChI is InChI=1S/C18H17N5O4/c1-3-26-17(25)12-6-4-5-7-13(12)20-16(24)14-8-9-19-18(21-14)22-15-10-11(2)27-23-15/h4-10H,3H2,1-2H3,(H,20,24)(H,19,21,22,23). The third-order valence-electron chi connectivity index (χ3n) is 3.43. The Balaban J connectivity index is 1.77. The molecule has 138 valence electrons. The van der Waals surface area contributed by atoms with Crippen LogP contribution in [0.3, 0.4) is 0 Å². The number of esters is 1. The lowest BCUT2D eigenvalue weighted by atomic mass is 10.1. The van der Waals surface area contributed by atoms with E-state index >= 15 is 0 Å². The van der Waals surface area contributed by atoms with Crippen molar-refractivity contribution in [2.45, 2.75) is 13.8 Å². The fourth-order valence-electron chi connectivity index (χ4n) is 2.25. The summed E-state index contributed by atoms with van der Waals surface area (Å²) in [7, 11) is 0. The quantitative estimate of drug-likeness (QED) is 0.638. The molecule has 0 aliphatic heterocycles. The Morgan fingerprint density at radius 1 is 1.22 bits per heavy atom. The number of para-hydroxylation sites is 1. The van der Waals surface area contributed by atoms with Crippen molar-refractivity contribution < 1.29 is 18.8 Å². The Morgan fingerprint density at radius 2 is 2.04 bits per heavy atom. The van der Waals surface area contributed by atoms with Gasteiger partial charge in [0, 0.05) is 12.3 Å². The number of nitrogens with zero attached hydrogens (tertiary/aromatic N) is 3. The third-order valence-corrected chi connectivity index (χ3v) is 3.43. The lowest BCUT2D eigenvalue weighted by Gasteiger charge is -2.10. The van der Waals surface area contributed by atoms with Gasteiger partial charge in [-0.2, -0.15) is 0 Å². The summed E-state index contributed by atoms with van der Waals surface area (Å²) in [5.74, 6) is 0.239. The highest BCUT2D eigenvalue weighted by Crippen LogP contribution is 2.18. The summed E-state index contributed by atoms with van der Waals surface area (Å²) in [6.07, 6.45) is 1.44. The molecule has 3 aromatic rings. The Labute approximate surface area is 154 Å². The van der Waals surface area contributed by atoms with E-state index in [1.165, 1.54) is 12.3 Å². The molecule has 0 unspecified atom stereocenters. The molecule has 9 nitrogen and oxygen atoms in total. The lowest BCUT2D eigenvalue weighted by molar-refractivity contribution is 0.0527. The Morgan fingerprint density at radius 3 is 2.78 bits per heavy atom. The van der Waals surface area contributed by atoms with Crippen molar-refractivity contribution >= 4 is 29.3 Å². The smallest absolute Gasteiger partial charge is 0.340 e. The van der Waals surface area contributed by atoms with E-state index in [-0.39, 0.29) is 23.8 Å². The predicted octanol–water partition coefficient (Wildman–Crippen LogP) is 2.95. The maximum atomic E-state index is 12.5. The number of carbonyl (C=O) groups is 2. The first-order valence-corrected chi connectivity index (χ1v) is 8.17. The first kappa shape index (κ1) is 18.1. The molecule has 0 atom stereocenters. The molecule has 2 N–H and O–H groups in total. The molecular formula is C18H17N5O4. The van der Waals surface area contributed by atoms with Crippen LogP contribution in [0.4, 0.5) is 17.5 Å². The number of ether oxygens (including phenoxy) is 1. The van der Waals surface area contributed by atoms with E-state index in [1.54, 1.807) is 44.2 Å². The average molecular weight is 367 g/mol. The van der Waals surface area contributed by atoms with Crippen molar-refractivity contribution in [2.75, 3.05) is 17.2 Å². The Bertz CT molecular complexity index is 970. The predicted molar refractivity (Wildman–Crippen MR) is 96.9 cm³/mol. The van der Waals surface area contributed by atoms with Crippen LogP contribution in [0.25, 0.3) is 0 Å². The Hall–Kier alpha value is -3.75. The van der Waals surface area contributed by atoms with Crippen LogP contribution < -0.4 is 10.6 Å². The number of hydrogen-bond acceptors (Lipinski definition) is 8. The van der Waals surface area contributed by atoms with Gasteiger partial charge in [-0.05, 0) is 32.0 Å². The molecule has 0 aliphatic rings. The molecule has 0 saturated carbocycles. The molecule has 0 radical (unpaired) electrons. The van der Waals surface area contributed by atoms with Crippen molar-refractivity contribution in [3.05, 3.63) is 59.6 Å². The number of benzene rings is 1. The molecule has 2 heterocycles. The molecule has 1 aromatic carbocycles. The minimum atomic E-state index is -0.514. The minimum absolute atomic E-state index is 0.117. The summed E-state index contributed by atoms with van der Waals surface area (Å²) in [5, 5.41) is 9.30. The van der Waals surface area contributed by atoms with Crippen LogP contribution in [0.15, 0.2) is 47.1 Å². The highest BCUT2D eigenvalue weighted by atomic mass is 16.5. The first-order chi connectivity index (χ1) is 13.1. The molecule has 3 rings (SSSR count). The summed E-state index contributed by atoms with van der Waals surface area (Å²) >= 11 is 0. The fraction of sp³-hybridized carbons (Fsp3) is 0.167. The monoisotopic (exact) mass is 367 g/mol. The zero-order valence-corrected chi connectivity index (χ0v) is 14.7. The average Bonchev–Trinajstić information content (AvgIpc) is 3.07. The van der Waals surface area contributed by atoms with Crippen molar-refractivity contribution in [1.82, 2.24) is 15.1 Å². The van der Waals surface area contributed by atoms with Gasteiger partial charge >= 0.3 is 5.97 Å². The molecular weight excluding hydrogens is 350 g/mol. The summed E-state index contributed by atoms with van der Waals surface area (Å²) in [6, 6.07) is 9.72. The van der Waals surface area contributed by atoms with Gasteiger partial charge in [0.15, 0.2) is 5.82 Å². The topological polar surface area (TPSA) is 119 Å². The number of rotatable bonds is 6. The van der Waals surface area contributed by atoms with Gasteiger partial charge in [0.2, 0.25) is 5.95 Å². The molecule has 27 heavy (non-hydrogen) atoms. The van der Waals surface area contributed by atoms with Gasteiger partial charge in [0.1, 0.15) is 11.5 Å². The zero-order valence-electron chi connectivity index (χ0n) is 14.7. The molecule has 0 fully saturated rings. The van der Waals surface area contributed by atoms with Crippen LogP contribution in [0.1, 0.15) is 33.5 Å². The van der Waals surface area contributed by atoms with Gasteiger partial charge in [-0.3, -0.25) is 4.79 Å². The van der Waals surface area contributed by atoms with Crippen molar-refractivity contribution in [3.63, 3.8) is 0 Å². The molecule has 0 bridgehead atoms. The summed E-state index contributed by atoms with van der Waals surface area (Å²) in [4.78, 5) is 32.8. The number of nitrogens with one attached hydrogen (secondary N) is 2. The number of aryl methyl sites for hydroxylation is 1. The number of anilines is 3. The highest BCUT2D eigenvalue weighted by molar-refractivity contribution is 6.07. The van der Waals surface area contributed by atoms with Crippen LogP contribution in [0.5, 0.6) is 0 Å². The number of amides is 1. The molecule has 0 aliphatic carbocycles. The molecule has 2 aromatic heterocycles. The largest absolute Gasteiger partial charge is 0.462 e. The van der Waals surface area contributed by atoms with Crippen molar-refractivity contribution in [2.24, 2.45) is 0 Å². The van der Waals surface area contributed by atoms with E-state index in [4.69, 9.17) is 9.26 Å². The van der Waals surface area contributed by atoms with Gasteiger partial charge in [0.05, 0.1) is 17.9 Å². The molecule has 0 spiro atoms. The summed E-state index contributed by atoms with van der Waals surface area (Å²) in [5.41, 5.74) is 0.714. The number of hydrogen-bond donors (Lipinski definition) is 2. The van der Waals surface area contributed by atoms with E-state index in [0.29, 0.717) is 17.3 Å². The maximum Gasteiger partial charge on any atom is 0.340 e. The van der Waals surface area contributed by atoms with Gasteiger partial charge in [-0.15, -0.1) is 0 Å². The van der Waals surface area contributed by atoms with Crippen LogP contribution in [-0.4, -0.2) is 33.6 Å². The third kappa shape index (κ3) is 4.46. The van der Waals surface area contributed by atoms with E-state index in [2.05, 4.69) is 25.8 Å². The van der Waals surface area contributed by atoms with Crippen molar-refractivity contribution in [3.8, 4) is 0 Å². The van der Waals surface area contributed by atoms with Gasteiger partial charge in [0.25, 0.3) is 5.91 Å². The summed E-state index contributed by atoms with van der Waals surface area (Å²) < 4.78 is 9.96. The summed E-state index contributed by atoms with van der Waals surface area (Å²) in [6.45, 7) is 3.71.